The highest BCUT2D eigenvalue weighted by atomic mass is 32.1. The zero-order valence-electron chi connectivity index (χ0n) is 13.9. The Kier molecular flexibility index (Phi) is 5.67. The van der Waals surface area contributed by atoms with Crippen molar-refractivity contribution in [2.24, 2.45) is 0 Å². The molecule has 0 aromatic heterocycles. The fourth-order valence-electron chi connectivity index (χ4n) is 2.81. The van der Waals surface area contributed by atoms with Gasteiger partial charge in [-0.05, 0) is 43.3 Å². The molecule has 0 atom stereocenters. The van der Waals surface area contributed by atoms with E-state index in [1.807, 2.05) is 25.1 Å². The molecule has 0 spiro atoms. The third-order valence-electron chi connectivity index (χ3n) is 4.06. The Morgan fingerprint density at radius 1 is 1.08 bits per heavy atom. The molecule has 0 radical (unpaired) electrons. The quantitative estimate of drug-likeness (QED) is 0.814. The Morgan fingerprint density at radius 3 is 2.62 bits per heavy atom. The fourth-order valence-corrected chi connectivity index (χ4v) is 3.03. The third-order valence-corrected chi connectivity index (χ3v) is 4.42. The van der Waals surface area contributed by atoms with Gasteiger partial charge in [0, 0.05) is 6.54 Å². The maximum absolute atomic E-state index is 5.76. The molecule has 1 aliphatic rings. The van der Waals surface area contributed by atoms with E-state index in [4.69, 9.17) is 17.0 Å². The minimum absolute atomic E-state index is 0.642. The van der Waals surface area contributed by atoms with Crippen molar-refractivity contribution in [3.8, 4) is 5.75 Å². The minimum atomic E-state index is 0.642. The number of hydrogen-bond donors (Lipinski definition) is 1. The van der Waals surface area contributed by atoms with Crippen molar-refractivity contribution in [1.82, 2.24) is 10.2 Å². The molecule has 1 N–H and O–H groups in total. The van der Waals surface area contributed by atoms with Crippen LogP contribution in [0.5, 0.6) is 5.75 Å². The lowest BCUT2D eigenvalue weighted by Crippen LogP contribution is -2.56. The maximum atomic E-state index is 5.76. The number of ether oxygens (including phenoxy) is 1. The number of benzene rings is 2. The van der Waals surface area contributed by atoms with Crippen LogP contribution in [-0.2, 0) is 6.42 Å². The number of nitrogens with one attached hydrogen (secondary N) is 1. The van der Waals surface area contributed by atoms with Gasteiger partial charge in [0.1, 0.15) is 5.75 Å². The van der Waals surface area contributed by atoms with Crippen molar-refractivity contribution in [3.05, 3.63) is 60.2 Å². The summed E-state index contributed by atoms with van der Waals surface area (Å²) in [7, 11) is 0. The highest BCUT2D eigenvalue weighted by Gasteiger charge is 2.23. The molecule has 0 unspecified atom stereocenters. The van der Waals surface area contributed by atoms with E-state index >= 15 is 0 Å². The monoisotopic (exact) mass is 341 g/mol. The lowest BCUT2D eigenvalue weighted by Gasteiger charge is -2.38. The molecular weight excluding hydrogens is 318 g/mol. The third kappa shape index (κ3) is 4.04. The normalized spacial score (nSPS) is 15.2. The molecule has 24 heavy (non-hydrogen) atoms. The van der Waals surface area contributed by atoms with Crippen LogP contribution in [0.3, 0.4) is 0 Å². The van der Waals surface area contributed by atoms with Crippen LogP contribution < -0.4 is 15.0 Å². The Hall–Kier alpha value is -2.11. The summed E-state index contributed by atoms with van der Waals surface area (Å²) in [6.45, 7) is 5.16. The van der Waals surface area contributed by atoms with Gasteiger partial charge < -0.3 is 15.0 Å². The molecule has 0 amide bonds. The van der Waals surface area contributed by atoms with E-state index in [-0.39, 0.29) is 0 Å². The molecular formula is C19H23N3OS. The molecule has 0 aliphatic carbocycles. The molecule has 126 valence electrons. The number of nitrogens with zero attached hydrogens (tertiary/aromatic N) is 2. The molecule has 1 heterocycles. The van der Waals surface area contributed by atoms with Crippen LogP contribution in [0.1, 0.15) is 12.5 Å². The van der Waals surface area contributed by atoms with Crippen LogP contribution >= 0.6 is 12.2 Å². The van der Waals surface area contributed by atoms with Gasteiger partial charge in [-0.2, -0.15) is 0 Å². The van der Waals surface area contributed by atoms with Gasteiger partial charge in [0.15, 0.2) is 5.11 Å². The van der Waals surface area contributed by atoms with Crippen LogP contribution in [0.25, 0.3) is 0 Å². The van der Waals surface area contributed by atoms with E-state index < -0.39 is 0 Å². The summed E-state index contributed by atoms with van der Waals surface area (Å²) < 4.78 is 5.76. The van der Waals surface area contributed by atoms with Crippen molar-refractivity contribution < 1.29 is 4.74 Å². The Balaban J connectivity index is 1.68. The molecule has 1 saturated heterocycles. The van der Waals surface area contributed by atoms with Crippen LogP contribution in [0.2, 0.25) is 0 Å². The number of hydrogen-bond acceptors (Lipinski definition) is 3. The summed E-state index contributed by atoms with van der Waals surface area (Å²) in [5.74, 6) is 0.869. The van der Waals surface area contributed by atoms with Crippen LogP contribution in [0.15, 0.2) is 54.6 Å². The summed E-state index contributed by atoms with van der Waals surface area (Å²) >= 11 is 5.52. The predicted octanol–water partition coefficient (Wildman–Crippen LogP) is 3.24. The molecule has 3 rings (SSSR count). The van der Waals surface area contributed by atoms with E-state index in [0.717, 1.165) is 42.9 Å². The standard InChI is InChI=1S/C19H23N3OS/c1-2-23-18-11-7-6-10-17(18)22-15-21(14-20-19(22)24)13-12-16-8-4-3-5-9-16/h3-11H,2,12-15H2,1H3,(H,20,24). The Labute approximate surface area is 149 Å². The Morgan fingerprint density at radius 2 is 1.83 bits per heavy atom. The van der Waals surface area contributed by atoms with Gasteiger partial charge in [0.2, 0.25) is 0 Å². The molecule has 0 saturated carbocycles. The van der Waals surface area contributed by atoms with Crippen LogP contribution in [-0.4, -0.2) is 36.5 Å². The van der Waals surface area contributed by atoms with E-state index in [1.165, 1.54) is 5.56 Å². The summed E-state index contributed by atoms with van der Waals surface area (Å²) in [5, 5.41) is 4.06. The lowest BCUT2D eigenvalue weighted by molar-refractivity contribution is 0.262. The first kappa shape index (κ1) is 16.7. The number of thiocarbonyl (C=S) groups is 1. The van der Waals surface area contributed by atoms with Crippen LogP contribution in [0, 0.1) is 0 Å². The summed E-state index contributed by atoms with van der Waals surface area (Å²) in [6, 6.07) is 18.6. The first-order valence-electron chi connectivity index (χ1n) is 8.31. The molecule has 1 fully saturated rings. The second kappa shape index (κ2) is 8.13. The SMILES string of the molecule is CCOc1ccccc1N1CN(CCc2ccccc2)CNC1=S. The molecule has 2 aromatic rings. The second-order valence-electron chi connectivity index (χ2n) is 5.74. The van der Waals surface area contributed by atoms with Gasteiger partial charge in [-0.15, -0.1) is 0 Å². The number of rotatable bonds is 6. The highest BCUT2D eigenvalue weighted by Crippen LogP contribution is 2.29. The largest absolute Gasteiger partial charge is 0.492 e. The predicted molar refractivity (Wildman–Crippen MR) is 102 cm³/mol. The molecule has 4 nitrogen and oxygen atoms in total. The van der Waals surface area contributed by atoms with Gasteiger partial charge >= 0.3 is 0 Å². The number of anilines is 1. The van der Waals surface area contributed by atoms with E-state index in [9.17, 15) is 0 Å². The Bertz CT molecular complexity index is 677. The molecule has 0 bridgehead atoms. The average molecular weight is 341 g/mol. The van der Waals surface area contributed by atoms with Crippen molar-refractivity contribution in [2.45, 2.75) is 13.3 Å². The van der Waals surface area contributed by atoms with Crippen molar-refractivity contribution in [1.29, 1.82) is 0 Å². The zero-order valence-corrected chi connectivity index (χ0v) is 14.8. The fraction of sp³-hybridized carbons (Fsp3) is 0.316. The van der Waals surface area contributed by atoms with E-state index in [0.29, 0.717) is 6.61 Å². The minimum Gasteiger partial charge on any atom is -0.492 e. The smallest absolute Gasteiger partial charge is 0.175 e. The summed E-state index contributed by atoms with van der Waals surface area (Å²) in [4.78, 5) is 4.46. The van der Waals surface area contributed by atoms with Gasteiger partial charge in [-0.25, -0.2) is 0 Å². The van der Waals surface area contributed by atoms with Gasteiger partial charge in [-0.3, -0.25) is 4.90 Å². The van der Waals surface area contributed by atoms with Crippen molar-refractivity contribution in [3.63, 3.8) is 0 Å². The van der Waals surface area contributed by atoms with Crippen LogP contribution in [0.4, 0.5) is 5.69 Å². The topological polar surface area (TPSA) is 27.7 Å². The first-order valence-corrected chi connectivity index (χ1v) is 8.72. The van der Waals surface area contributed by atoms with Gasteiger partial charge in [0.05, 0.1) is 25.6 Å². The van der Waals surface area contributed by atoms with Gasteiger partial charge in [-0.1, -0.05) is 42.5 Å². The molecule has 1 aliphatic heterocycles. The van der Waals surface area contributed by atoms with E-state index in [1.54, 1.807) is 0 Å². The maximum Gasteiger partial charge on any atom is 0.175 e. The second-order valence-corrected chi connectivity index (χ2v) is 6.13. The number of para-hydroxylation sites is 2. The summed E-state index contributed by atoms with van der Waals surface area (Å²) in [5.41, 5.74) is 2.37. The zero-order chi connectivity index (χ0) is 16.8. The van der Waals surface area contributed by atoms with E-state index in [2.05, 4.69) is 51.5 Å². The van der Waals surface area contributed by atoms with Gasteiger partial charge in [0.25, 0.3) is 0 Å². The molecule has 5 heteroatoms. The summed E-state index contributed by atoms with van der Waals surface area (Å²) in [6.07, 6.45) is 1.02. The van der Waals surface area contributed by atoms with Crippen molar-refractivity contribution >= 4 is 23.0 Å². The molecule has 2 aromatic carbocycles. The first-order chi connectivity index (χ1) is 11.8. The lowest BCUT2D eigenvalue weighted by atomic mass is 10.1. The van der Waals surface area contributed by atoms with Crippen molar-refractivity contribution in [2.75, 3.05) is 31.4 Å². The highest BCUT2D eigenvalue weighted by molar-refractivity contribution is 7.80. The average Bonchev–Trinajstić information content (AvgIpc) is 2.63.